The second kappa shape index (κ2) is 6.48. The van der Waals surface area contributed by atoms with Gasteiger partial charge in [-0.1, -0.05) is 26.8 Å². The van der Waals surface area contributed by atoms with E-state index in [1.807, 2.05) is 34.9 Å². The van der Waals surface area contributed by atoms with Crippen molar-refractivity contribution in [3.63, 3.8) is 0 Å². The van der Waals surface area contributed by atoms with Gasteiger partial charge in [0.15, 0.2) is 5.65 Å². The predicted octanol–water partition coefficient (Wildman–Crippen LogP) is 4.19. The highest BCUT2D eigenvalue weighted by Gasteiger charge is 2.24. The van der Waals surface area contributed by atoms with Gasteiger partial charge in [-0.05, 0) is 66.1 Å². The summed E-state index contributed by atoms with van der Waals surface area (Å²) in [4.78, 5) is 12.4. The van der Waals surface area contributed by atoms with Gasteiger partial charge in [0.05, 0.1) is 0 Å². The van der Waals surface area contributed by atoms with E-state index in [1.54, 1.807) is 0 Å². The maximum Gasteiger partial charge on any atom is 0.251 e. The first-order valence-corrected chi connectivity index (χ1v) is 9.56. The number of rotatable bonds is 4. The number of nitrogens with zero attached hydrogens (tertiary/aromatic N) is 3. The van der Waals surface area contributed by atoms with Crippen molar-refractivity contribution in [2.24, 2.45) is 5.41 Å². The smallest absolute Gasteiger partial charge is 0.251 e. The summed E-state index contributed by atoms with van der Waals surface area (Å²) in [5.74, 6) is 0.980. The van der Waals surface area contributed by atoms with Gasteiger partial charge < -0.3 is 5.32 Å². The van der Waals surface area contributed by atoms with Gasteiger partial charge in [0.2, 0.25) is 0 Å². The summed E-state index contributed by atoms with van der Waals surface area (Å²) in [5, 5.41) is 11.8. The number of carbonyl (C=O) groups is 1. The van der Waals surface area contributed by atoms with Crippen LogP contribution >= 0.6 is 0 Å². The largest absolute Gasteiger partial charge is 0.349 e. The lowest BCUT2D eigenvalue weighted by Gasteiger charge is -2.16. The van der Waals surface area contributed by atoms with E-state index in [9.17, 15) is 4.79 Å². The number of aryl methyl sites for hydroxylation is 1. The highest BCUT2D eigenvalue weighted by molar-refractivity contribution is 5.96. The van der Waals surface area contributed by atoms with Gasteiger partial charge >= 0.3 is 0 Å². The molecule has 1 N–H and O–H groups in total. The normalized spacial score (nSPS) is 14.5. The van der Waals surface area contributed by atoms with Crippen molar-refractivity contribution < 1.29 is 4.79 Å². The molecule has 0 spiro atoms. The Kier molecular flexibility index (Phi) is 4.25. The number of hydrogen-bond acceptors (Lipinski definition) is 3. The molecule has 0 saturated heterocycles. The number of hydrogen-bond donors (Lipinski definition) is 1. The van der Waals surface area contributed by atoms with E-state index in [2.05, 4.69) is 49.3 Å². The number of fused-ring (bicyclic) bond motifs is 1. The molecular formula is C22H26N4O. The van der Waals surface area contributed by atoms with Gasteiger partial charge in [-0.2, -0.15) is 0 Å². The van der Waals surface area contributed by atoms with Gasteiger partial charge in [-0.25, -0.2) is 0 Å². The fraction of sp³-hybridized carbons (Fsp3) is 0.409. The third-order valence-corrected chi connectivity index (χ3v) is 4.89. The van der Waals surface area contributed by atoms with Crippen molar-refractivity contribution in [3.8, 4) is 11.1 Å². The maximum absolute atomic E-state index is 12.4. The van der Waals surface area contributed by atoms with Gasteiger partial charge in [0, 0.05) is 24.2 Å². The SMILES string of the molecule is Cc1ccc(C(=O)NC2CC2)cc1-c1ccn2c(CC(C)(C)C)nnc2c1. The maximum atomic E-state index is 12.4. The van der Waals surface area contributed by atoms with Crippen LogP contribution in [-0.2, 0) is 6.42 Å². The Morgan fingerprint density at radius 2 is 1.96 bits per heavy atom. The van der Waals surface area contributed by atoms with Crippen molar-refractivity contribution in [2.75, 3.05) is 0 Å². The average Bonchev–Trinajstić information content (AvgIpc) is 3.34. The third-order valence-electron chi connectivity index (χ3n) is 4.89. The Bertz CT molecular complexity index is 1010. The lowest BCUT2D eigenvalue weighted by Crippen LogP contribution is -2.25. The van der Waals surface area contributed by atoms with Crippen LogP contribution in [0.4, 0.5) is 0 Å². The number of benzene rings is 1. The van der Waals surface area contributed by atoms with Crippen LogP contribution in [0.5, 0.6) is 0 Å². The third kappa shape index (κ3) is 3.87. The van der Waals surface area contributed by atoms with E-state index in [-0.39, 0.29) is 11.3 Å². The molecule has 5 heteroatoms. The minimum absolute atomic E-state index is 0.00905. The van der Waals surface area contributed by atoms with Crippen LogP contribution < -0.4 is 5.32 Å². The number of pyridine rings is 1. The lowest BCUT2D eigenvalue weighted by atomic mass is 9.92. The summed E-state index contributed by atoms with van der Waals surface area (Å²) in [5.41, 5.74) is 4.94. The van der Waals surface area contributed by atoms with Crippen molar-refractivity contribution >= 4 is 11.6 Å². The van der Waals surface area contributed by atoms with Gasteiger partial charge in [-0.3, -0.25) is 9.20 Å². The molecule has 0 radical (unpaired) electrons. The molecule has 0 atom stereocenters. The molecule has 140 valence electrons. The van der Waals surface area contributed by atoms with Gasteiger partial charge in [-0.15, -0.1) is 10.2 Å². The Balaban J connectivity index is 1.68. The quantitative estimate of drug-likeness (QED) is 0.757. The number of carbonyl (C=O) groups excluding carboxylic acids is 1. The van der Waals surface area contributed by atoms with Gasteiger partial charge in [0.1, 0.15) is 5.82 Å². The van der Waals surface area contributed by atoms with Crippen molar-refractivity contribution in [2.45, 2.75) is 53.0 Å². The minimum atomic E-state index is 0.00905. The molecule has 1 aliphatic rings. The van der Waals surface area contributed by atoms with Crippen LogP contribution in [0, 0.1) is 12.3 Å². The monoisotopic (exact) mass is 362 g/mol. The fourth-order valence-corrected chi connectivity index (χ4v) is 3.27. The molecule has 3 aromatic rings. The van der Waals surface area contributed by atoms with Crippen LogP contribution in [-0.4, -0.2) is 26.5 Å². The Morgan fingerprint density at radius 3 is 2.67 bits per heavy atom. The standard InChI is InChI=1S/C22H26N4O/c1-14-5-6-16(21(27)23-17-7-8-17)11-18(14)15-9-10-26-19(12-15)24-25-20(26)13-22(2,3)4/h5-6,9-12,17H,7-8,13H2,1-4H3,(H,23,27). The van der Waals surface area contributed by atoms with Crippen molar-refractivity contribution in [1.82, 2.24) is 19.9 Å². The molecule has 1 aromatic carbocycles. The van der Waals surface area contributed by atoms with Crippen molar-refractivity contribution in [1.29, 1.82) is 0 Å². The number of nitrogens with one attached hydrogen (secondary N) is 1. The predicted molar refractivity (Wildman–Crippen MR) is 107 cm³/mol. The molecule has 27 heavy (non-hydrogen) atoms. The van der Waals surface area contributed by atoms with E-state index in [0.717, 1.165) is 47.4 Å². The Morgan fingerprint density at radius 1 is 1.19 bits per heavy atom. The molecule has 1 aliphatic carbocycles. The molecule has 0 unspecified atom stereocenters. The number of amides is 1. The molecule has 5 nitrogen and oxygen atoms in total. The molecular weight excluding hydrogens is 336 g/mol. The highest BCUT2D eigenvalue weighted by atomic mass is 16.1. The zero-order chi connectivity index (χ0) is 19.2. The zero-order valence-electron chi connectivity index (χ0n) is 16.4. The second-order valence-electron chi connectivity index (χ2n) is 8.77. The molecule has 0 aliphatic heterocycles. The summed E-state index contributed by atoms with van der Waals surface area (Å²) in [6.45, 7) is 8.66. The second-order valence-corrected chi connectivity index (χ2v) is 8.77. The summed E-state index contributed by atoms with van der Waals surface area (Å²) < 4.78 is 2.05. The van der Waals surface area contributed by atoms with E-state index in [1.165, 1.54) is 0 Å². The van der Waals surface area contributed by atoms with Crippen LogP contribution in [0.2, 0.25) is 0 Å². The summed E-state index contributed by atoms with van der Waals surface area (Å²) in [6, 6.07) is 10.4. The zero-order valence-corrected chi connectivity index (χ0v) is 16.4. The molecule has 1 saturated carbocycles. The van der Waals surface area contributed by atoms with Crippen molar-refractivity contribution in [3.05, 3.63) is 53.5 Å². The van der Waals surface area contributed by atoms with Gasteiger partial charge in [0.25, 0.3) is 5.91 Å². The number of aromatic nitrogens is 3. The van der Waals surface area contributed by atoms with E-state index in [4.69, 9.17) is 0 Å². The Hall–Kier alpha value is -2.69. The molecule has 1 amide bonds. The summed E-state index contributed by atoms with van der Waals surface area (Å²) >= 11 is 0. The highest BCUT2D eigenvalue weighted by Crippen LogP contribution is 2.27. The molecule has 4 rings (SSSR count). The molecule has 0 bridgehead atoms. The first kappa shape index (κ1) is 17.7. The molecule has 2 heterocycles. The van der Waals surface area contributed by atoms with Crippen LogP contribution in [0.1, 0.15) is 55.4 Å². The van der Waals surface area contributed by atoms with Crippen LogP contribution in [0.15, 0.2) is 36.5 Å². The first-order chi connectivity index (χ1) is 12.8. The summed E-state index contributed by atoms with van der Waals surface area (Å²) in [7, 11) is 0. The van der Waals surface area contributed by atoms with Crippen LogP contribution in [0.25, 0.3) is 16.8 Å². The molecule has 2 aromatic heterocycles. The average molecular weight is 362 g/mol. The molecule has 1 fully saturated rings. The summed E-state index contributed by atoms with van der Waals surface area (Å²) in [6.07, 6.45) is 5.07. The Labute approximate surface area is 159 Å². The minimum Gasteiger partial charge on any atom is -0.349 e. The van der Waals surface area contributed by atoms with E-state index in [0.29, 0.717) is 11.6 Å². The van der Waals surface area contributed by atoms with E-state index < -0.39 is 0 Å². The van der Waals surface area contributed by atoms with Crippen LogP contribution in [0.3, 0.4) is 0 Å². The fourth-order valence-electron chi connectivity index (χ4n) is 3.27. The van der Waals surface area contributed by atoms with E-state index >= 15 is 0 Å². The lowest BCUT2D eigenvalue weighted by molar-refractivity contribution is 0.0951. The topological polar surface area (TPSA) is 59.3 Å². The first-order valence-electron chi connectivity index (χ1n) is 9.56.